The average Bonchev–Trinajstić information content (AvgIpc) is 2.80. The number of aliphatic hydroxyl groups excluding tert-OH is 1. The first kappa shape index (κ1) is 15.5. The van der Waals surface area contributed by atoms with Gasteiger partial charge in [0.05, 0.1) is 0 Å². The van der Waals surface area contributed by atoms with E-state index in [-0.39, 0.29) is 23.3 Å². The maximum atomic E-state index is 12.7. The van der Waals surface area contributed by atoms with Crippen molar-refractivity contribution in [3.63, 3.8) is 0 Å². The topological polar surface area (TPSA) is 70.8 Å². The Morgan fingerprint density at radius 3 is 2.60 bits per heavy atom. The smallest absolute Gasteiger partial charge is 0.246 e. The van der Waals surface area contributed by atoms with Crippen molar-refractivity contribution in [3.8, 4) is 0 Å². The lowest BCUT2D eigenvalue weighted by Gasteiger charge is -2.35. The summed E-state index contributed by atoms with van der Waals surface area (Å²) in [5.74, 6) is 0.989. The van der Waals surface area contributed by atoms with E-state index in [0.29, 0.717) is 11.7 Å². The quantitative estimate of drug-likeness (QED) is 0.926. The minimum absolute atomic E-state index is 0.0422. The standard InChI is InChI=1S/C14H23NO4S/c1-10-6-4-5-7-13(10)15(3)20(17,18)14-8-12(9-16)19-11(14)2/h8,10,13,16H,4-7,9H2,1-3H3. The van der Waals surface area contributed by atoms with E-state index in [1.807, 2.05) is 0 Å². The van der Waals surface area contributed by atoms with Gasteiger partial charge in [0.1, 0.15) is 23.0 Å². The predicted molar refractivity (Wildman–Crippen MR) is 75.7 cm³/mol. The summed E-state index contributed by atoms with van der Waals surface area (Å²) in [6.07, 6.45) is 4.21. The fourth-order valence-corrected chi connectivity index (χ4v) is 4.69. The lowest BCUT2D eigenvalue weighted by molar-refractivity contribution is 0.213. The molecule has 1 aromatic rings. The van der Waals surface area contributed by atoms with Gasteiger partial charge < -0.3 is 9.52 Å². The molecule has 1 saturated carbocycles. The summed E-state index contributed by atoms with van der Waals surface area (Å²) in [5, 5.41) is 9.07. The zero-order valence-corrected chi connectivity index (χ0v) is 13.1. The zero-order valence-electron chi connectivity index (χ0n) is 12.3. The van der Waals surface area contributed by atoms with Gasteiger partial charge in [-0.15, -0.1) is 0 Å². The summed E-state index contributed by atoms with van der Waals surface area (Å²) < 4.78 is 32.2. The summed E-state index contributed by atoms with van der Waals surface area (Å²) in [5.41, 5.74) is 0. The number of sulfonamides is 1. The molecule has 20 heavy (non-hydrogen) atoms. The van der Waals surface area contributed by atoms with Crippen molar-refractivity contribution >= 4 is 10.0 Å². The van der Waals surface area contributed by atoms with Gasteiger partial charge >= 0.3 is 0 Å². The van der Waals surface area contributed by atoms with Crippen molar-refractivity contribution in [3.05, 3.63) is 17.6 Å². The molecule has 0 bridgehead atoms. The monoisotopic (exact) mass is 301 g/mol. The average molecular weight is 301 g/mol. The van der Waals surface area contributed by atoms with Crippen LogP contribution in [-0.4, -0.2) is 30.9 Å². The fraction of sp³-hybridized carbons (Fsp3) is 0.714. The Balaban J connectivity index is 2.31. The number of hydrogen-bond acceptors (Lipinski definition) is 4. The van der Waals surface area contributed by atoms with E-state index in [1.165, 1.54) is 16.8 Å². The number of aryl methyl sites for hydroxylation is 1. The Bertz CT molecular complexity index is 564. The van der Waals surface area contributed by atoms with Gasteiger partial charge in [-0.1, -0.05) is 19.8 Å². The molecule has 0 spiro atoms. The number of aliphatic hydroxyl groups is 1. The van der Waals surface area contributed by atoms with E-state index in [0.717, 1.165) is 19.3 Å². The minimum atomic E-state index is -3.56. The van der Waals surface area contributed by atoms with Crippen LogP contribution in [0.25, 0.3) is 0 Å². The van der Waals surface area contributed by atoms with Crippen LogP contribution in [0.2, 0.25) is 0 Å². The molecule has 2 rings (SSSR count). The second kappa shape index (κ2) is 5.87. The molecule has 0 saturated heterocycles. The molecule has 1 aliphatic carbocycles. The Hall–Kier alpha value is -0.850. The lowest BCUT2D eigenvalue weighted by Crippen LogP contribution is -2.42. The highest BCUT2D eigenvalue weighted by atomic mass is 32.2. The third-order valence-electron chi connectivity index (χ3n) is 4.27. The second-order valence-electron chi connectivity index (χ2n) is 5.64. The maximum Gasteiger partial charge on any atom is 0.246 e. The molecule has 5 nitrogen and oxygen atoms in total. The third kappa shape index (κ3) is 2.77. The Morgan fingerprint density at radius 2 is 2.05 bits per heavy atom. The number of furan rings is 1. The molecule has 1 heterocycles. The molecule has 0 amide bonds. The van der Waals surface area contributed by atoms with Gasteiger partial charge in [0.25, 0.3) is 0 Å². The molecular formula is C14H23NO4S. The van der Waals surface area contributed by atoms with Crippen LogP contribution in [0.15, 0.2) is 15.4 Å². The number of rotatable bonds is 4. The summed E-state index contributed by atoms with van der Waals surface area (Å²) in [6.45, 7) is 3.43. The molecule has 1 fully saturated rings. The number of hydrogen-bond donors (Lipinski definition) is 1. The van der Waals surface area contributed by atoms with Crippen molar-refractivity contribution in [2.45, 2.75) is 57.1 Å². The molecule has 0 radical (unpaired) electrons. The summed E-state index contributed by atoms with van der Waals surface area (Å²) in [4.78, 5) is 0.168. The fourth-order valence-electron chi connectivity index (χ4n) is 3.03. The van der Waals surface area contributed by atoms with Crippen LogP contribution < -0.4 is 0 Å². The van der Waals surface area contributed by atoms with Crippen LogP contribution in [0, 0.1) is 12.8 Å². The van der Waals surface area contributed by atoms with Gasteiger partial charge in [-0.05, 0) is 25.7 Å². The van der Waals surface area contributed by atoms with Crippen molar-refractivity contribution in [1.82, 2.24) is 4.31 Å². The van der Waals surface area contributed by atoms with Crippen molar-refractivity contribution in [2.24, 2.45) is 5.92 Å². The van der Waals surface area contributed by atoms with Crippen LogP contribution in [0.4, 0.5) is 0 Å². The Kier molecular flexibility index (Phi) is 4.56. The van der Waals surface area contributed by atoms with Crippen LogP contribution in [-0.2, 0) is 16.6 Å². The van der Waals surface area contributed by atoms with E-state index in [2.05, 4.69) is 6.92 Å². The molecule has 6 heteroatoms. The highest BCUT2D eigenvalue weighted by molar-refractivity contribution is 7.89. The first-order valence-electron chi connectivity index (χ1n) is 7.06. The normalized spacial score (nSPS) is 24.2. The van der Waals surface area contributed by atoms with Gasteiger partial charge in [-0.3, -0.25) is 0 Å². The molecule has 114 valence electrons. The summed E-state index contributed by atoms with van der Waals surface area (Å²) in [6, 6.07) is 1.47. The molecule has 0 aromatic carbocycles. The van der Waals surface area contributed by atoms with Crippen molar-refractivity contribution in [1.29, 1.82) is 0 Å². The van der Waals surface area contributed by atoms with Crippen LogP contribution in [0.1, 0.15) is 44.1 Å². The van der Waals surface area contributed by atoms with Crippen molar-refractivity contribution < 1.29 is 17.9 Å². The molecule has 0 aliphatic heterocycles. The van der Waals surface area contributed by atoms with Gasteiger partial charge in [0, 0.05) is 19.2 Å². The lowest BCUT2D eigenvalue weighted by atomic mass is 9.86. The predicted octanol–water partition coefficient (Wildman–Crippen LogP) is 2.28. The summed E-state index contributed by atoms with van der Waals surface area (Å²) in [7, 11) is -1.92. The largest absolute Gasteiger partial charge is 0.462 e. The van der Waals surface area contributed by atoms with E-state index in [9.17, 15) is 8.42 Å². The van der Waals surface area contributed by atoms with Gasteiger partial charge in [-0.25, -0.2) is 8.42 Å². The maximum absolute atomic E-state index is 12.7. The molecular weight excluding hydrogens is 278 g/mol. The van der Waals surface area contributed by atoms with Crippen LogP contribution in [0.5, 0.6) is 0 Å². The third-order valence-corrected chi connectivity index (χ3v) is 6.26. The first-order valence-corrected chi connectivity index (χ1v) is 8.50. The van der Waals surface area contributed by atoms with Crippen LogP contribution >= 0.6 is 0 Å². The number of nitrogens with zero attached hydrogens (tertiary/aromatic N) is 1. The Morgan fingerprint density at radius 1 is 1.40 bits per heavy atom. The van der Waals surface area contributed by atoms with Gasteiger partial charge in [0.2, 0.25) is 10.0 Å². The molecule has 1 aromatic heterocycles. The van der Waals surface area contributed by atoms with E-state index < -0.39 is 10.0 Å². The van der Waals surface area contributed by atoms with Crippen LogP contribution in [0.3, 0.4) is 0 Å². The second-order valence-corrected chi connectivity index (χ2v) is 7.61. The summed E-state index contributed by atoms with van der Waals surface area (Å²) >= 11 is 0. The zero-order chi connectivity index (χ0) is 14.9. The van der Waals surface area contributed by atoms with Crippen molar-refractivity contribution in [2.75, 3.05) is 7.05 Å². The van der Waals surface area contributed by atoms with E-state index in [4.69, 9.17) is 9.52 Å². The van der Waals surface area contributed by atoms with E-state index in [1.54, 1.807) is 14.0 Å². The van der Waals surface area contributed by atoms with Gasteiger partial charge in [-0.2, -0.15) is 4.31 Å². The van der Waals surface area contributed by atoms with E-state index >= 15 is 0 Å². The molecule has 2 atom stereocenters. The van der Waals surface area contributed by atoms with Gasteiger partial charge in [0.15, 0.2) is 0 Å². The molecule has 2 unspecified atom stereocenters. The molecule has 1 aliphatic rings. The first-order chi connectivity index (χ1) is 9.37. The highest BCUT2D eigenvalue weighted by Crippen LogP contribution is 2.32. The minimum Gasteiger partial charge on any atom is -0.462 e. The highest BCUT2D eigenvalue weighted by Gasteiger charge is 2.34. The SMILES string of the molecule is Cc1oc(CO)cc1S(=O)(=O)N(C)C1CCCCC1C. The molecule has 1 N–H and O–H groups in total. The Labute approximate surface area is 120 Å².